The summed E-state index contributed by atoms with van der Waals surface area (Å²) in [6.07, 6.45) is -3.05. The first-order valence-electron chi connectivity index (χ1n) is 13.1. The third-order valence-corrected chi connectivity index (χ3v) is 7.59. The molecule has 212 valence electrons. The molecule has 1 saturated heterocycles. The monoisotopic (exact) mass is 565 g/mol. The van der Waals surface area contributed by atoms with Crippen molar-refractivity contribution in [1.29, 1.82) is 5.26 Å². The quantitative estimate of drug-likeness (QED) is 0.320. The number of aryl methyl sites for hydroxylation is 1. The van der Waals surface area contributed by atoms with E-state index in [9.17, 15) is 27.6 Å². The molecule has 0 amide bonds. The van der Waals surface area contributed by atoms with Crippen LogP contribution in [0.1, 0.15) is 48.8 Å². The van der Waals surface area contributed by atoms with Crippen LogP contribution in [-0.4, -0.2) is 49.6 Å². The third kappa shape index (κ3) is 5.37. The first-order valence-corrected chi connectivity index (χ1v) is 13.1. The van der Waals surface area contributed by atoms with Crippen LogP contribution >= 0.6 is 0 Å². The van der Waals surface area contributed by atoms with E-state index in [0.717, 1.165) is 12.3 Å². The molecule has 1 aliphatic heterocycles. The smallest absolute Gasteiger partial charge is 0.349 e. The summed E-state index contributed by atoms with van der Waals surface area (Å²) < 4.78 is 55.1. The Morgan fingerprint density at radius 3 is 2.41 bits per heavy atom. The van der Waals surface area contributed by atoms with Crippen LogP contribution in [0.25, 0.3) is 11.0 Å². The Hall–Kier alpha value is -4.37. The van der Waals surface area contributed by atoms with E-state index in [2.05, 4.69) is 19.9 Å². The average molecular weight is 566 g/mol. The summed E-state index contributed by atoms with van der Waals surface area (Å²) in [4.78, 5) is 29.9. The molecule has 0 saturated carbocycles. The number of halogens is 4. The molecule has 0 N–H and O–H groups in total. The summed E-state index contributed by atoms with van der Waals surface area (Å²) in [6, 6.07) is 12.6. The van der Waals surface area contributed by atoms with Gasteiger partial charge in [-0.1, -0.05) is 19.1 Å². The fraction of sp³-hybridized carbons (Fsp3) is 0.345. The SMILES string of the molecule is CCC1CN(c2nc(=O)n(C)c3ccc(C#N)nc23)C(C)CN1C(c1ccc(F)cc1)c1ccc(C(F)(F)F)cn1. The van der Waals surface area contributed by atoms with Crippen molar-refractivity contribution in [2.45, 2.75) is 44.6 Å². The summed E-state index contributed by atoms with van der Waals surface area (Å²) in [5.74, 6) is -0.0530. The van der Waals surface area contributed by atoms with Crippen molar-refractivity contribution in [2.24, 2.45) is 7.05 Å². The Morgan fingerprint density at radius 2 is 1.80 bits per heavy atom. The number of piperazine rings is 1. The van der Waals surface area contributed by atoms with Crippen LogP contribution in [0.4, 0.5) is 23.4 Å². The Balaban J connectivity index is 1.57. The molecule has 3 aromatic heterocycles. The lowest BCUT2D eigenvalue weighted by atomic mass is 9.95. The maximum Gasteiger partial charge on any atom is 0.417 e. The van der Waals surface area contributed by atoms with Gasteiger partial charge in [0.2, 0.25) is 0 Å². The van der Waals surface area contributed by atoms with Crippen LogP contribution in [0, 0.1) is 17.1 Å². The van der Waals surface area contributed by atoms with E-state index in [0.29, 0.717) is 47.6 Å². The second kappa shape index (κ2) is 10.9. The molecule has 5 rings (SSSR count). The topological polar surface area (TPSA) is 90.9 Å². The zero-order chi connectivity index (χ0) is 29.5. The molecule has 4 heterocycles. The minimum absolute atomic E-state index is 0.148. The highest BCUT2D eigenvalue weighted by Crippen LogP contribution is 2.37. The van der Waals surface area contributed by atoms with Crippen molar-refractivity contribution < 1.29 is 17.6 Å². The molecule has 1 fully saturated rings. The van der Waals surface area contributed by atoms with Crippen LogP contribution in [0.2, 0.25) is 0 Å². The van der Waals surface area contributed by atoms with E-state index in [-0.39, 0.29) is 17.8 Å². The van der Waals surface area contributed by atoms with Crippen molar-refractivity contribution in [3.05, 3.63) is 93.5 Å². The van der Waals surface area contributed by atoms with Gasteiger partial charge in [0.25, 0.3) is 0 Å². The zero-order valence-electron chi connectivity index (χ0n) is 22.6. The van der Waals surface area contributed by atoms with Crippen molar-refractivity contribution in [1.82, 2.24) is 24.4 Å². The Kier molecular flexibility index (Phi) is 7.48. The lowest BCUT2D eigenvalue weighted by Gasteiger charge is -2.48. The fourth-order valence-corrected chi connectivity index (χ4v) is 5.42. The average Bonchev–Trinajstić information content (AvgIpc) is 2.96. The van der Waals surface area contributed by atoms with Crippen LogP contribution in [0.5, 0.6) is 0 Å². The number of aromatic nitrogens is 4. The van der Waals surface area contributed by atoms with Gasteiger partial charge in [0, 0.05) is 38.4 Å². The third-order valence-electron chi connectivity index (χ3n) is 7.59. The number of rotatable bonds is 5. The number of pyridine rings is 2. The fourth-order valence-electron chi connectivity index (χ4n) is 5.42. The maximum atomic E-state index is 13.8. The number of benzene rings is 1. The minimum atomic E-state index is -4.52. The number of nitriles is 1. The van der Waals surface area contributed by atoms with Gasteiger partial charge in [-0.25, -0.2) is 14.2 Å². The van der Waals surface area contributed by atoms with Gasteiger partial charge in [-0.05, 0) is 55.3 Å². The molecule has 8 nitrogen and oxygen atoms in total. The molecular weight excluding hydrogens is 538 g/mol. The zero-order valence-corrected chi connectivity index (χ0v) is 22.6. The summed E-state index contributed by atoms with van der Waals surface area (Å²) in [6.45, 7) is 4.80. The Morgan fingerprint density at radius 1 is 1.07 bits per heavy atom. The van der Waals surface area contributed by atoms with Crippen LogP contribution in [0.3, 0.4) is 0 Å². The predicted molar refractivity (Wildman–Crippen MR) is 145 cm³/mol. The minimum Gasteiger partial charge on any atom is -0.349 e. The highest BCUT2D eigenvalue weighted by molar-refractivity contribution is 5.86. The van der Waals surface area contributed by atoms with Gasteiger partial charge in [-0.2, -0.15) is 23.4 Å². The van der Waals surface area contributed by atoms with E-state index in [1.807, 2.05) is 24.8 Å². The lowest BCUT2D eigenvalue weighted by molar-refractivity contribution is -0.137. The highest BCUT2D eigenvalue weighted by Gasteiger charge is 2.39. The molecule has 1 aromatic carbocycles. The Labute approximate surface area is 233 Å². The van der Waals surface area contributed by atoms with Gasteiger partial charge < -0.3 is 4.90 Å². The van der Waals surface area contributed by atoms with Crippen LogP contribution < -0.4 is 10.6 Å². The van der Waals surface area contributed by atoms with E-state index in [1.165, 1.54) is 22.8 Å². The summed E-state index contributed by atoms with van der Waals surface area (Å²) in [5.41, 5.74) is 0.955. The van der Waals surface area contributed by atoms with Gasteiger partial charge >= 0.3 is 11.9 Å². The summed E-state index contributed by atoms with van der Waals surface area (Å²) in [7, 11) is 1.59. The summed E-state index contributed by atoms with van der Waals surface area (Å²) >= 11 is 0. The molecule has 1 aliphatic rings. The van der Waals surface area contributed by atoms with Gasteiger partial charge in [0.15, 0.2) is 5.82 Å². The van der Waals surface area contributed by atoms with Crippen molar-refractivity contribution in [2.75, 3.05) is 18.0 Å². The first kappa shape index (κ1) is 28.2. The number of nitrogens with zero attached hydrogens (tertiary/aromatic N) is 7. The molecule has 12 heteroatoms. The lowest BCUT2D eigenvalue weighted by Crippen LogP contribution is -2.59. The molecule has 0 bridgehead atoms. The second-order valence-corrected chi connectivity index (χ2v) is 10.1. The van der Waals surface area contributed by atoms with Crippen molar-refractivity contribution >= 4 is 16.9 Å². The van der Waals surface area contributed by atoms with E-state index >= 15 is 0 Å². The maximum absolute atomic E-state index is 13.8. The highest BCUT2D eigenvalue weighted by atomic mass is 19.4. The van der Waals surface area contributed by atoms with Crippen molar-refractivity contribution in [3.63, 3.8) is 0 Å². The van der Waals surface area contributed by atoms with Gasteiger partial charge in [-0.15, -0.1) is 0 Å². The molecule has 0 spiro atoms. The van der Waals surface area contributed by atoms with Gasteiger partial charge in [0.1, 0.15) is 23.1 Å². The molecule has 0 radical (unpaired) electrons. The van der Waals surface area contributed by atoms with Gasteiger partial charge in [-0.3, -0.25) is 14.5 Å². The molecule has 0 aliphatic carbocycles. The van der Waals surface area contributed by atoms with Crippen molar-refractivity contribution in [3.8, 4) is 6.07 Å². The molecule has 4 aromatic rings. The number of anilines is 1. The predicted octanol–water partition coefficient (Wildman–Crippen LogP) is 4.83. The van der Waals surface area contributed by atoms with Gasteiger partial charge in [0.05, 0.1) is 22.8 Å². The molecule has 3 atom stereocenters. The van der Waals surface area contributed by atoms with E-state index in [4.69, 9.17) is 0 Å². The Bertz CT molecular complexity index is 1660. The van der Waals surface area contributed by atoms with E-state index in [1.54, 1.807) is 31.3 Å². The molecular formula is C29H27F4N7O. The normalized spacial score (nSPS) is 18.8. The standard InChI is InChI=1S/C29H27F4N7O/c1-4-22-16-39(27-25-24(38(3)28(41)37-27)12-10-21(13-34)36-25)17(2)15-40(22)26(18-5-8-20(30)9-6-18)23-11-7-19(14-35-23)29(31,32)33/h5-12,14,17,22,26H,4,15-16H2,1-3H3. The largest absolute Gasteiger partial charge is 0.417 e. The van der Waals surface area contributed by atoms with E-state index < -0.39 is 29.3 Å². The second-order valence-electron chi connectivity index (χ2n) is 10.1. The van der Waals surface area contributed by atoms with Crippen LogP contribution in [-0.2, 0) is 13.2 Å². The molecule has 3 unspecified atom stereocenters. The number of fused-ring (bicyclic) bond motifs is 1. The number of hydrogen-bond acceptors (Lipinski definition) is 7. The molecule has 41 heavy (non-hydrogen) atoms. The number of hydrogen-bond donors (Lipinski definition) is 0. The number of alkyl halides is 3. The van der Waals surface area contributed by atoms with Crippen LogP contribution in [0.15, 0.2) is 59.5 Å². The first-order chi connectivity index (χ1) is 19.5. The summed E-state index contributed by atoms with van der Waals surface area (Å²) in [5, 5.41) is 9.43.